The highest BCUT2D eigenvalue weighted by molar-refractivity contribution is 6.30. The van der Waals surface area contributed by atoms with Crippen LogP contribution in [0.25, 0.3) is 0 Å². The fraction of sp³-hybridized carbons (Fsp3) is 0.297. The van der Waals surface area contributed by atoms with Crippen molar-refractivity contribution >= 4 is 29.1 Å². The van der Waals surface area contributed by atoms with Gasteiger partial charge in [-0.15, -0.1) is 0 Å². The van der Waals surface area contributed by atoms with Crippen LogP contribution in [0.1, 0.15) is 74.0 Å². The first kappa shape index (κ1) is 31.1. The molecular formula is C37H39ClN2O4. The van der Waals surface area contributed by atoms with Crippen molar-refractivity contribution in [2.75, 3.05) is 12.0 Å². The number of hydrogen-bond donors (Lipinski definition) is 0. The van der Waals surface area contributed by atoms with Crippen LogP contribution in [-0.4, -0.2) is 29.9 Å². The molecule has 44 heavy (non-hydrogen) atoms. The van der Waals surface area contributed by atoms with Crippen molar-refractivity contribution in [1.29, 1.82) is 0 Å². The monoisotopic (exact) mass is 610 g/mol. The molecule has 0 aromatic heterocycles. The average molecular weight is 611 g/mol. The van der Waals surface area contributed by atoms with Crippen LogP contribution in [0.5, 0.6) is 11.5 Å². The van der Waals surface area contributed by atoms with Gasteiger partial charge in [-0.3, -0.25) is 9.59 Å². The van der Waals surface area contributed by atoms with Crippen molar-refractivity contribution in [3.8, 4) is 11.5 Å². The normalized spacial score (nSPS) is 15.7. The van der Waals surface area contributed by atoms with Gasteiger partial charge in [0.2, 0.25) is 11.8 Å². The lowest BCUT2D eigenvalue weighted by molar-refractivity contribution is -0.131. The molecule has 0 fully saturated rings. The second kappa shape index (κ2) is 13.6. The summed E-state index contributed by atoms with van der Waals surface area (Å²) >= 11 is 6.27. The largest absolute Gasteiger partial charge is 0.493 e. The minimum atomic E-state index is -0.399. The van der Waals surface area contributed by atoms with Gasteiger partial charge < -0.3 is 19.3 Å². The maximum absolute atomic E-state index is 13.9. The molecule has 0 saturated heterocycles. The average Bonchev–Trinajstić information content (AvgIpc) is 3.03. The lowest BCUT2D eigenvalue weighted by Gasteiger charge is -2.38. The molecule has 4 aromatic carbocycles. The van der Waals surface area contributed by atoms with E-state index in [-0.39, 0.29) is 30.4 Å². The second-order valence-corrected chi connectivity index (χ2v) is 11.8. The van der Waals surface area contributed by atoms with Crippen molar-refractivity contribution in [2.45, 2.75) is 65.3 Å². The number of ether oxygens (including phenoxy) is 2. The van der Waals surface area contributed by atoms with Crippen LogP contribution in [0.3, 0.4) is 0 Å². The minimum Gasteiger partial charge on any atom is -0.493 e. The van der Waals surface area contributed by atoms with Gasteiger partial charge in [0.05, 0.1) is 31.7 Å². The molecule has 0 saturated carbocycles. The van der Waals surface area contributed by atoms with Crippen molar-refractivity contribution in [2.24, 2.45) is 0 Å². The molecule has 0 bridgehead atoms. The van der Waals surface area contributed by atoms with Crippen LogP contribution in [0.2, 0.25) is 5.02 Å². The Bertz CT molecular complexity index is 1610. The molecular weight excluding hydrogens is 572 g/mol. The molecule has 4 aromatic rings. The number of carbonyl (C=O) groups is 2. The van der Waals surface area contributed by atoms with Crippen LogP contribution in [0.4, 0.5) is 5.69 Å². The Morgan fingerprint density at radius 2 is 1.66 bits per heavy atom. The summed E-state index contributed by atoms with van der Waals surface area (Å²) in [5.41, 5.74) is 5.65. The summed E-state index contributed by atoms with van der Waals surface area (Å²) in [5, 5.41) is 0.627. The topological polar surface area (TPSA) is 59.1 Å². The number of fused-ring (bicyclic) bond motifs is 1. The summed E-state index contributed by atoms with van der Waals surface area (Å²) in [6.45, 7) is 8.26. The molecule has 6 nitrogen and oxygen atoms in total. The Kier molecular flexibility index (Phi) is 9.60. The number of methoxy groups -OCH3 is 1. The molecule has 0 spiro atoms. The van der Waals surface area contributed by atoms with Crippen molar-refractivity contribution in [1.82, 2.24) is 4.90 Å². The van der Waals surface area contributed by atoms with Gasteiger partial charge in [-0.1, -0.05) is 73.1 Å². The fourth-order valence-electron chi connectivity index (χ4n) is 5.77. The van der Waals surface area contributed by atoms with E-state index in [1.165, 1.54) is 0 Å². The Hall–Kier alpha value is -4.29. The molecule has 0 N–H and O–H groups in total. The second-order valence-electron chi connectivity index (χ2n) is 11.3. The van der Waals surface area contributed by atoms with E-state index in [1.807, 2.05) is 115 Å². The SMILES string of the molecule is CC[C@@H](C)Oc1cc2c(cc1OC)CC(=O)N(c1ccc(C(C)N(Cc3ccccc3)C(C)=O)cc1)C2c1ccc(Cl)cc1. The first-order valence-corrected chi connectivity index (χ1v) is 15.4. The molecule has 1 heterocycles. The number of anilines is 1. The Labute approximate surface area is 265 Å². The van der Waals surface area contributed by atoms with Crippen molar-refractivity contribution in [3.63, 3.8) is 0 Å². The van der Waals surface area contributed by atoms with E-state index in [4.69, 9.17) is 21.1 Å². The summed E-state index contributed by atoms with van der Waals surface area (Å²) in [4.78, 5) is 30.3. The quantitative estimate of drug-likeness (QED) is 0.181. The summed E-state index contributed by atoms with van der Waals surface area (Å²) in [6.07, 6.45) is 1.08. The number of carbonyl (C=O) groups excluding carboxylic acids is 2. The Balaban J connectivity index is 1.53. The van der Waals surface area contributed by atoms with E-state index < -0.39 is 6.04 Å². The first-order valence-electron chi connectivity index (χ1n) is 15.1. The minimum absolute atomic E-state index is 0.00175. The molecule has 1 aliphatic heterocycles. The number of rotatable bonds is 10. The molecule has 0 radical (unpaired) electrons. The van der Waals surface area contributed by atoms with Crippen molar-refractivity contribution < 1.29 is 19.1 Å². The number of amides is 2. The van der Waals surface area contributed by atoms with Crippen molar-refractivity contribution in [3.05, 3.63) is 124 Å². The van der Waals surface area contributed by atoms with Crippen LogP contribution in [-0.2, 0) is 22.6 Å². The number of halogens is 1. The third-order valence-electron chi connectivity index (χ3n) is 8.40. The van der Waals surface area contributed by atoms with E-state index in [2.05, 4.69) is 6.92 Å². The molecule has 0 aliphatic carbocycles. The zero-order chi connectivity index (χ0) is 31.4. The van der Waals surface area contributed by atoms with E-state index in [0.717, 1.165) is 39.9 Å². The summed E-state index contributed by atoms with van der Waals surface area (Å²) in [7, 11) is 1.62. The molecule has 1 aliphatic rings. The lowest BCUT2D eigenvalue weighted by Crippen LogP contribution is -2.41. The van der Waals surface area contributed by atoms with Gasteiger partial charge in [-0.05, 0) is 84.5 Å². The zero-order valence-electron chi connectivity index (χ0n) is 25.9. The first-order chi connectivity index (χ1) is 21.2. The van der Waals surface area contributed by atoms with Gasteiger partial charge in [0, 0.05) is 24.2 Å². The third kappa shape index (κ3) is 6.61. The Morgan fingerprint density at radius 1 is 0.977 bits per heavy atom. The zero-order valence-corrected chi connectivity index (χ0v) is 26.7. The summed E-state index contributed by atoms with van der Waals surface area (Å²) < 4.78 is 11.9. The predicted molar refractivity (Wildman–Crippen MR) is 175 cm³/mol. The highest BCUT2D eigenvalue weighted by atomic mass is 35.5. The highest BCUT2D eigenvalue weighted by Gasteiger charge is 2.36. The van der Waals surface area contributed by atoms with E-state index in [1.54, 1.807) is 14.0 Å². The fourth-order valence-corrected chi connectivity index (χ4v) is 5.90. The maximum atomic E-state index is 13.9. The van der Waals surface area contributed by atoms with E-state index >= 15 is 0 Å². The van der Waals surface area contributed by atoms with Crippen LogP contribution < -0.4 is 14.4 Å². The van der Waals surface area contributed by atoms with Gasteiger partial charge in [-0.25, -0.2) is 0 Å². The smallest absolute Gasteiger partial charge is 0.232 e. The van der Waals surface area contributed by atoms with Gasteiger partial charge in [0.15, 0.2) is 11.5 Å². The lowest BCUT2D eigenvalue weighted by atomic mass is 9.86. The predicted octanol–water partition coefficient (Wildman–Crippen LogP) is 8.31. The summed E-state index contributed by atoms with van der Waals surface area (Å²) in [6, 6.07) is 29.0. The third-order valence-corrected chi connectivity index (χ3v) is 8.65. The number of benzene rings is 4. The van der Waals surface area contributed by atoms with Gasteiger partial charge >= 0.3 is 0 Å². The van der Waals surface area contributed by atoms with Crippen LogP contribution in [0.15, 0.2) is 91.0 Å². The number of hydrogen-bond acceptors (Lipinski definition) is 4. The van der Waals surface area contributed by atoms with Gasteiger partial charge in [0.25, 0.3) is 0 Å². The van der Waals surface area contributed by atoms with Crippen LogP contribution >= 0.6 is 11.6 Å². The molecule has 2 unspecified atom stereocenters. The molecule has 5 rings (SSSR count). The Morgan fingerprint density at radius 3 is 2.27 bits per heavy atom. The molecule has 2 amide bonds. The van der Waals surface area contributed by atoms with E-state index in [0.29, 0.717) is 23.1 Å². The molecule has 7 heteroatoms. The van der Waals surface area contributed by atoms with Crippen LogP contribution in [0, 0.1) is 0 Å². The van der Waals surface area contributed by atoms with Gasteiger partial charge in [0.1, 0.15) is 0 Å². The highest BCUT2D eigenvalue weighted by Crippen LogP contribution is 2.44. The van der Waals surface area contributed by atoms with E-state index in [9.17, 15) is 9.59 Å². The standard InChI is InChI=1S/C37H39ClN2O4/c1-6-24(2)44-35-22-33-30(20-34(35)43-5)21-36(42)40(37(33)29-12-16-31(38)17-13-29)32-18-14-28(15-19-32)25(3)39(26(4)41)23-27-10-8-7-9-11-27/h7-20,22,24-25,37H,6,21,23H2,1-5H3/t24-,25?,37?/m1/s1. The van der Waals surface area contributed by atoms with Gasteiger partial charge in [-0.2, -0.15) is 0 Å². The summed E-state index contributed by atoms with van der Waals surface area (Å²) in [5.74, 6) is 1.25. The number of nitrogens with zero attached hydrogens (tertiary/aromatic N) is 2. The molecule has 3 atom stereocenters. The molecule has 228 valence electrons. The maximum Gasteiger partial charge on any atom is 0.232 e.